The SMILES string of the molecule is O=C1NC(=Nc2ccc(Cl)c(Cl)c2)S/C1=C\c1ccc(-c2cc(C(=O)O)ccc2Cl)o1. The van der Waals surface area contributed by atoms with E-state index in [0.29, 0.717) is 47.9 Å². The summed E-state index contributed by atoms with van der Waals surface area (Å²) in [4.78, 5) is 28.2. The molecule has 1 amide bonds. The maximum absolute atomic E-state index is 12.3. The maximum atomic E-state index is 12.3. The first-order chi connectivity index (χ1) is 14.8. The zero-order valence-corrected chi connectivity index (χ0v) is 18.4. The standard InChI is InChI=1S/C21H11Cl3N2O4S/c22-14-4-1-10(20(28)29)7-13(14)17-6-3-12(30-17)9-18-19(27)26-21(31-18)25-11-2-5-15(23)16(24)8-11/h1-9H,(H,28,29)(H,25,26,27)/b18-9-. The molecule has 1 fully saturated rings. The number of aromatic carboxylic acids is 1. The zero-order chi connectivity index (χ0) is 22.1. The largest absolute Gasteiger partial charge is 0.478 e. The highest BCUT2D eigenvalue weighted by molar-refractivity contribution is 8.18. The minimum Gasteiger partial charge on any atom is -0.478 e. The fourth-order valence-electron chi connectivity index (χ4n) is 2.70. The quantitative estimate of drug-likeness (QED) is 0.405. The fourth-order valence-corrected chi connectivity index (χ4v) is 4.03. The molecule has 1 aliphatic heterocycles. The van der Waals surface area contributed by atoms with E-state index in [2.05, 4.69) is 10.3 Å². The van der Waals surface area contributed by atoms with Crippen molar-refractivity contribution < 1.29 is 19.1 Å². The summed E-state index contributed by atoms with van der Waals surface area (Å²) in [5.74, 6) is -0.611. The Bertz CT molecular complexity index is 1280. The lowest BCUT2D eigenvalue weighted by Crippen LogP contribution is -2.19. The van der Waals surface area contributed by atoms with Gasteiger partial charge in [-0.2, -0.15) is 0 Å². The normalized spacial score (nSPS) is 16.2. The number of carboxylic acids is 1. The number of carboxylic acid groups (broad SMARTS) is 1. The lowest BCUT2D eigenvalue weighted by Gasteiger charge is -2.02. The molecule has 1 saturated heterocycles. The maximum Gasteiger partial charge on any atom is 0.335 e. The Labute approximate surface area is 195 Å². The van der Waals surface area contributed by atoms with E-state index in [1.807, 2.05) is 0 Å². The van der Waals surface area contributed by atoms with Crippen LogP contribution in [0.5, 0.6) is 0 Å². The molecule has 6 nitrogen and oxygen atoms in total. The fraction of sp³-hybridized carbons (Fsp3) is 0. The number of furan rings is 1. The second kappa shape index (κ2) is 8.80. The second-order valence-electron chi connectivity index (χ2n) is 6.28. The van der Waals surface area contributed by atoms with Crippen LogP contribution >= 0.6 is 46.6 Å². The number of amides is 1. The van der Waals surface area contributed by atoms with E-state index in [-0.39, 0.29) is 11.5 Å². The summed E-state index contributed by atoms with van der Waals surface area (Å²) in [6, 6.07) is 12.6. The molecule has 0 saturated carbocycles. The number of rotatable bonds is 4. The average molecular weight is 494 g/mol. The zero-order valence-electron chi connectivity index (χ0n) is 15.4. The van der Waals surface area contributed by atoms with Gasteiger partial charge in [0.25, 0.3) is 5.91 Å². The molecule has 0 unspecified atom stereocenters. The summed E-state index contributed by atoms with van der Waals surface area (Å²) >= 11 is 19.2. The molecule has 1 aliphatic rings. The van der Waals surface area contributed by atoms with Gasteiger partial charge in [-0.3, -0.25) is 4.79 Å². The van der Waals surface area contributed by atoms with E-state index < -0.39 is 5.97 Å². The number of halogens is 3. The molecular formula is C21H11Cl3N2O4S. The van der Waals surface area contributed by atoms with E-state index in [1.54, 1.807) is 36.4 Å². The van der Waals surface area contributed by atoms with Gasteiger partial charge in [-0.05, 0) is 60.3 Å². The van der Waals surface area contributed by atoms with Crippen molar-refractivity contribution >= 4 is 75.4 Å². The average Bonchev–Trinajstić information content (AvgIpc) is 3.32. The van der Waals surface area contributed by atoms with Gasteiger partial charge in [0.2, 0.25) is 0 Å². The number of carbonyl (C=O) groups is 2. The van der Waals surface area contributed by atoms with Gasteiger partial charge < -0.3 is 14.8 Å². The Kier molecular flexibility index (Phi) is 6.11. The number of amidine groups is 1. The molecule has 2 heterocycles. The van der Waals surface area contributed by atoms with Crippen molar-refractivity contribution in [3.05, 3.63) is 79.8 Å². The summed E-state index contributed by atoms with van der Waals surface area (Å²) in [5.41, 5.74) is 1.08. The van der Waals surface area contributed by atoms with Crippen molar-refractivity contribution in [1.29, 1.82) is 0 Å². The van der Waals surface area contributed by atoms with Crippen LogP contribution in [0.15, 0.2) is 62.8 Å². The molecule has 2 N–H and O–H groups in total. The van der Waals surface area contributed by atoms with Gasteiger partial charge in [0.05, 0.1) is 31.2 Å². The van der Waals surface area contributed by atoms with Crippen molar-refractivity contribution in [3.63, 3.8) is 0 Å². The smallest absolute Gasteiger partial charge is 0.335 e. The number of benzene rings is 2. The first-order valence-corrected chi connectivity index (χ1v) is 10.6. The van der Waals surface area contributed by atoms with Crippen LogP contribution in [0.2, 0.25) is 15.1 Å². The van der Waals surface area contributed by atoms with E-state index >= 15 is 0 Å². The molecule has 0 bridgehead atoms. The first-order valence-electron chi connectivity index (χ1n) is 8.68. The second-order valence-corrected chi connectivity index (χ2v) is 8.53. The summed E-state index contributed by atoms with van der Waals surface area (Å²) in [6.07, 6.45) is 1.57. The van der Waals surface area contributed by atoms with Crippen LogP contribution in [0.4, 0.5) is 5.69 Å². The van der Waals surface area contributed by atoms with Crippen LogP contribution in [0.25, 0.3) is 17.4 Å². The molecule has 3 aromatic rings. The molecule has 0 spiro atoms. The van der Waals surface area contributed by atoms with Gasteiger partial charge in [-0.15, -0.1) is 0 Å². The van der Waals surface area contributed by atoms with E-state index in [4.69, 9.17) is 39.2 Å². The van der Waals surface area contributed by atoms with Crippen molar-refractivity contribution in [1.82, 2.24) is 5.32 Å². The molecule has 156 valence electrons. The van der Waals surface area contributed by atoms with E-state index in [1.165, 1.54) is 18.2 Å². The van der Waals surface area contributed by atoms with E-state index in [0.717, 1.165) is 11.8 Å². The highest BCUT2D eigenvalue weighted by Gasteiger charge is 2.24. The third-order valence-electron chi connectivity index (χ3n) is 4.16. The summed E-state index contributed by atoms with van der Waals surface area (Å²) in [6.45, 7) is 0. The highest BCUT2D eigenvalue weighted by atomic mass is 35.5. The van der Waals surface area contributed by atoms with Crippen molar-refractivity contribution in [2.75, 3.05) is 0 Å². The number of thioether (sulfide) groups is 1. The number of nitrogens with zero attached hydrogens (tertiary/aromatic N) is 1. The minimum atomic E-state index is -1.07. The van der Waals surface area contributed by atoms with Crippen LogP contribution < -0.4 is 5.32 Å². The lowest BCUT2D eigenvalue weighted by atomic mass is 10.1. The minimum absolute atomic E-state index is 0.0876. The van der Waals surface area contributed by atoms with Crippen LogP contribution in [0.1, 0.15) is 16.1 Å². The predicted molar refractivity (Wildman–Crippen MR) is 123 cm³/mol. The first kappa shape index (κ1) is 21.5. The Hall–Kier alpha value is -2.71. The van der Waals surface area contributed by atoms with Gasteiger partial charge >= 0.3 is 5.97 Å². The monoisotopic (exact) mass is 492 g/mol. The predicted octanol–water partition coefficient (Wildman–Crippen LogP) is 6.50. The number of aliphatic imine (C=N–C) groups is 1. The molecule has 0 atom stereocenters. The Balaban J connectivity index is 1.58. The van der Waals surface area contributed by atoms with Gasteiger partial charge in [0, 0.05) is 11.6 Å². The molecular weight excluding hydrogens is 483 g/mol. The summed E-state index contributed by atoms with van der Waals surface area (Å²) in [5, 5.41) is 13.4. The van der Waals surface area contributed by atoms with Crippen molar-refractivity contribution in [3.8, 4) is 11.3 Å². The highest BCUT2D eigenvalue weighted by Crippen LogP contribution is 2.34. The van der Waals surface area contributed by atoms with Gasteiger partial charge in [0.15, 0.2) is 5.17 Å². The third-order valence-corrected chi connectivity index (χ3v) is 6.14. The molecule has 4 rings (SSSR count). The Morgan fingerprint density at radius 3 is 2.55 bits per heavy atom. The summed E-state index contributed by atoms with van der Waals surface area (Å²) in [7, 11) is 0. The number of hydrogen-bond acceptors (Lipinski definition) is 5. The molecule has 0 aliphatic carbocycles. The molecule has 10 heteroatoms. The van der Waals surface area contributed by atoms with E-state index in [9.17, 15) is 14.7 Å². The number of nitrogens with one attached hydrogen (secondary N) is 1. The van der Waals surface area contributed by atoms with Crippen molar-refractivity contribution in [2.24, 2.45) is 4.99 Å². The molecule has 31 heavy (non-hydrogen) atoms. The van der Waals surface area contributed by atoms with Gasteiger partial charge in [-0.1, -0.05) is 34.8 Å². The number of carbonyl (C=O) groups excluding carboxylic acids is 1. The van der Waals surface area contributed by atoms with Crippen LogP contribution in [-0.2, 0) is 4.79 Å². The molecule has 1 aromatic heterocycles. The third kappa shape index (κ3) is 4.80. The van der Waals surface area contributed by atoms with Crippen LogP contribution in [0, 0.1) is 0 Å². The Morgan fingerprint density at radius 2 is 1.81 bits per heavy atom. The number of hydrogen-bond donors (Lipinski definition) is 2. The summed E-state index contributed by atoms with van der Waals surface area (Å²) < 4.78 is 5.76. The molecule has 0 radical (unpaired) electrons. The molecule has 2 aromatic carbocycles. The topological polar surface area (TPSA) is 91.9 Å². The lowest BCUT2D eigenvalue weighted by molar-refractivity contribution is -0.115. The van der Waals surface area contributed by atoms with Gasteiger partial charge in [0.1, 0.15) is 11.5 Å². The Morgan fingerprint density at radius 1 is 1.03 bits per heavy atom. The van der Waals surface area contributed by atoms with Crippen LogP contribution in [-0.4, -0.2) is 22.2 Å². The van der Waals surface area contributed by atoms with Crippen LogP contribution in [0.3, 0.4) is 0 Å². The van der Waals surface area contributed by atoms with Crippen molar-refractivity contribution in [2.45, 2.75) is 0 Å². The van der Waals surface area contributed by atoms with Gasteiger partial charge in [-0.25, -0.2) is 9.79 Å².